The van der Waals surface area contributed by atoms with Crippen molar-refractivity contribution in [3.63, 3.8) is 0 Å². The molecule has 1 aromatic rings. The number of thiocarbonyl (C=S) groups is 1. The summed E-state index contributed by atoms with van der Waals surface area (Å²) in [7, 11) is 0. The third-order valence-electron chi connectivity index (χ3n) is 3.88. The Morgan fingerprint density at radius 1 is 1.40 bits per heavy atom. The van der Waals surface area contributed by atoms with Crippen LogP contribution in [0.25, 0.3) is 0 Å². The summed E-state index contributed by atoms with van der Waals surface area (Å²) in [4.78, 5) is 2.47. The lowest BCUT2D eigenvalue weighted by Gasteiger charge is -2.33. The molecule has 1 saturated carbocycles. The molecule has 4 heteroatoms. The second kappa shape index (κ2) is 6.53. The largest absolute Gasteiger partial charge is 0.389 e. The molecule has 0 unspecified atom stereocenters. The standard InChI is InChI=1S/C16H23FN2S/c1-11(2)10-19(12-5-3-4-6-12)13-7-8-14(16(18)20)15(17)9-13/h7-9,11-12H,3-6,10H2,1-2H3,(H2,18,20). The summed E-state index contributed by atoms with van der Waals surface area (Å²) >= 11 is 4.86. The van der Waals surface area contributed by atoms with Gasteiger partial charge in [-0.3, -0.25) is 0 Å². The Balaban J connectivity index is 2.28. The lowest BCUT2D eigenvalue weighted by Crippen LogP contribution is -2.36. The molecular formula is C16H23FN2S. The van der Waals surface area contributed by atoms with E-state index in [9.17, 15) is 4.39 Å². The van der Waals surface area contributed by atoms with Crippen LogP contribution in [0.3, 0.4) is 0 Å². The molecular weight excluding hydrogens is 271 g/mol. The van der Waals surface area contributed by atoms with Gasteiger partial charge in [-0.15, -0.1) is 0 Å². The molecule has 1 aliphatic carbocycles. The van der Waals surface area contributed by atoms with Gasteiger partial charge in [0.1, 0.15) is 10.8 Å². The van der Waals surface area contributed by atoms with Crippen LogP contribution in [0.5, 0.6) is 0 Å². The molecule has 20 heavy (non-hydrogen) atoms. The van der Waals surface area contributed by atoms with Crippen LogP contribution in [0.1, 0.15) is 45.1 Å². The number of anilines is 1. The number of hydrogen-bond donors (Lipinski definition) is 1. The first-order valence-electron chi connectivity index (χ1n) is 7.35. The van der Waals surface area contributed by atoms with Crippen molar-refractivity contribution in [3.05, 3.63) is 29.6 Å². The molecule has 0 radical (unpaired) electrons. The summed E-state index contributed by atoms with van der Waals surface area (Å²) in [6.07, 6.45) is 4.94. The van der Waals surface area contributed by atoms with E-state index in [0.29, 0.717) is 17.5 Å². The molecule has 0 amide bonds. The maximum atomic E-state index is 14.1. The molecule has 2 nitrogen and oxygen atoms in total. The van der Waals surface area contributed by atoms with E-state index in [2.05, 4.69) is 18.7 Å². The van der Waals surface area contributed by atoms with Gasteiger partial charge in [0, 0.05) is 23.8 Å². The smallest absolute Gasteiger partial charge is 0.135 e. The van der Waals surface area contributed by atoms with E-state index in [1.165, 1.54) is 25.7 Å². The van der Waals surface area contributed by atoms with Gasteiger partial charge in [-0.25, -0.2) is 4.39 Å². The summed E-state index contributed by atoms with van der Waals surface area (Å²) in [5.41, 5.74) is 6.80. The SMILES string of the molecule is CC(C)CN(c1ccc(C(N)=S)c(F)c1)C1CCCC1. The molecule has 0 aliphatic heterocycles. The number of rotatable bonds is 5. The predicted octanol–water partition coefficient (Wildman–Crippen LogP) is 3.86. The Morgan fingerprint density at radius 3 is 2.55 bits per heavy atom. The first kappa shape index (κ1) is 15.2. The highest BCUT2D eigenvalue weighted by molar-refractivity contribution is 7.80. The molecule has 0 atom stereocenters. The van der Waals surface area contributed by atoms with Crippen LogP contribution in [-0.4, -0.2) is 17.6 Å². The molecule has 1 aliphatic rings. The third kappa shape index (κ3) is 3.48. The highest BCUT2D eigenvalue weighted by Gasteiger charge is 2.24. The Morgan fingerprint density at radius 2 is 2.05 bits per heavy atom. The van der Waals surface area contributed by atoms with E-state index in [1.807, 2.05) is 6.07 Å². The van der Waals surface area contributed by atoms with E-state index in [0.717, 1.165) is 12.2 Å². The summed E-state index contributed by atoms with van der Waals surface area (Å²) in [6.45, 7) is 5.35. The highest BCUT2D eigenvalue weighted by Crippen LogP contribution is 2.30. The second-order valence-corrected chi connectivity index (χ2v) is 6.45. The predicted molar refractivity (Wildman–Crippen MR) is 86.7 cm³/mol. The Hall–Kier alpha value is -1.16. The normalized spacial score (nSPS) is 15.8. The molecule has 2 rings (SSSR count). The minimum absolute atomic E-state index is 0.116. The van der Waals surface area contributed by atoms with Crippen molar-refractivity contribution < 1.29 is 4.39 Å². The van der Waals surface area contributed by atoms with Crippen LogP contribution in [0.2, 0.25) is 0 Å². The number of nitrogens with two attached hydrogens (primary N) is 1. The minimum atomic E-state index is -0.318. The van der Waals surface area contributed by atoms with Crippen molar-refractivity contribution >= 4 is 22.9 Å². The molecule has 110 valence electrons. The van der Waals surface area contributed by atoms with E-state index < -0.39 is 0 Å². The molecule has 0 bridgehead atoms. The topological polar surface area (TPSA) is 29.3 Å². The fraction of sp³-hybridized carbons (Fsp3) is 0.562. The zero-order valence-electron chi connectivity index (χ0n) is 12.2. The van der Waals surface area contributed by atoms with Crippen molar-refractivity contribution in [3.8, 4) is 0 Å². The summed E-state index contributed by atoms with van der Waals surface area (Å²) in [5.74, 6) is 0.232. The first-order valence-corrected chi connectivity index (χ1v) is 7.76. The van der Waals surface area contributed by atoms with Gasteiger partial charge >= 0.3 is 0 Å². The van der Waals surface area contributed by atoms with Crippen LogP contribution >= 0.6 is 12.2 Å². The van der Waals surface area contributed by atoms with Gasteiger partial charge in [-0.1, -0.05) is 38.9 Å². The Labute approximate surface area is 126 Å². The molecule has 1 fully saturated rings. The summed E-state index contributed by atoms with van der Waals surface area (Å²) in [5, 5.41) is 0. The van der Waals surface area contributed by atoms with Gasteiger partial charge < -0.3 is 10.6 Å². The fourth-order valence-electron chi connectivity index (χ4n) is 2.96. The van der Waals surface area contributed by atoms with Gasteiger partial charge in [0.05, 0.1) is 0 Å². The van der Waals surface area contributed by atoms with Crippen LogP contribution in [0.15, 0.2) is 18.2 Å². The summed E-state index contributed by atoms with van der Waals surface area (Å²) in [6, 6.07) is 5.76. The number of nitrogens with zero attached hydrogens (tertiary/aromatic N) is 1. The van der Waals surface area contributed by atoms with Crippen LogP contribution in [-0.2, 0) is 0 Å². The summed E-state index contributed by atoms with van der Waals surface area (Å²) < 4.78 is 14.1. The van der Waals surface area contributed by atoms with Gasteiger partial charge in [0.25, 0.3) is 0 Å². The maximum Gasteiger partial charge on any atom is 0.135 e. The first-order chi connectivity index (χ1) is 9.49. The van der Waals surface area contributed by atoms with Crippen LogP contribution < -0.4 is 10.6 Å². The van der Waals surface area contributed by atoms with Crippen molar-refractivity contribution in [1.29, 1.82) is 0 Å². The van der Waals surface area contributed by atoms with Gasteiger partial charge in [0.2, 0.25) is 0 Å². The second-order valence-electron chi connectivity index (χ2n) is 6.01. The molecule has 0 spiro atoms. The van der Waals surface area contributed by atoms with Crippen molar-refractivity contribution in [2.45, 2.75) is 45.6 Å². The average molecular weight is 294 g/mol. The van der Waals surface area contributed by atoms with E-state index in [1.54, 1.807) is 12.1 Å². The lowest BCUT2D eigenvalue weighted by molar-refractivity contribution is 0.533. The number of halogens is 1. The van der Waals surface area contributed by atoms with E-state index in [-0.39, 0.29) is 10.8 Å². The van der Waals surface area contributed by atoms with Crippen molar-refractivity contribution in [1.82, 2.24) is 0 Å². The Bertz CT molecular complexity index is 481. The lowest BCUT2D eigenvalue weighted by atomic mass is 10.1. The molecule has 1 aromatic carbocycles. The van der Waals surface area contributed by atoms with E-state index >= 15 is 0 Å². The Kier molecular flexibility index (Phi) is 4.97. The van der Waals surface area contributed by atoms with Gasteiger partial charge in [-0.2, -0.15) is 0 Å². The number of hydrogen-bond acceptors (Lipinski definition) is 2. The van der Waals surface area contributed by atoms with Gasteiger partial charge in [0.15, 0.2) is 0 Å². The number of benzene rings is 1. The molecule has 0 saturated heterocycles. The molecule has 0 aromatic heterocycles. The monoisotopic (exact) mass is 294 g/mol. The zero-order valence-corrected chi connectivity index (χ0v) is 13.0. The zero-order chi connectivity index (χ0) is 14.7. The van der Waals surface area contributed by atoms with E-state index in [4.69, 9.17) is 18.0 Å². The van der Waals surface area contributed by atoms with Crippen molar-refractivity contribution in [2.75, 3.05) is 11.4 Å². The molecule has 2 N–H and O–H groups in total. The van der Waals surface area contributed by atoms with Crippen LogP contribution in [0.4, 0.5) is 10.1 Å². The fourth-order valence-corrected chi connectivity index (χ4v) is 3.12. The highest BCUT2D eigenvalue weighted by atomic mass is 32.1. The quantitative estimate of drug-likeness (QED) is 0.836. The third-order valence-corrected chi connectivity index (χ3v) is 4.10. The minimum Gasteiger partial charge on any atom is -0.389 e. The average Bonchev–Trinajstić information content (AvgIpc) is 2.88. The maximum absolute atomic E-state index is 14.1. The molecule has 0 heterocycles. The van der Waals surface area contributed by atoms with Crippen molar-refractivity contribution in [2.24, 2.45) is 11.7 Å². The van der Waals surface area contributed by atoms with Gasteiger partial charge in [-0.05, 0) is 37.0 Å². The van der Waals surface area contributed by atoms with Crippen LogP contribution in [0, 0.1) is 11.7 Å².